The summed E-state index contributed by atoms with van der Waals surface area (Å²) in [6.45, 7) is -0.262. The molecule has 0 aromatic heterocycles. The van der Waals surface area contributed by atoms with E-state index < -0.39 is 38.9 Å². The van der Waals surface area contributed by atoms with Gasteiger partial charge in [-0.05, 0) is 17.7 Å². The number of anilines is 1. The van der Waals surface area contributed by atoms with Crippen LogP contribution in [0.5, 0.6) is 0 Å². The van der Waals surface area contributed by atoms with Crippen molar-refractivity contribution in [2.45, 2.75) is 6.18 Å². The van der Waals surface area contributed by atoms with Gasteiger partial charge >= 0.3 is 6.18 Å². The zero-order chi connectivity index (χ0) is 19.7. The Morgan fingerprint density at radius 1 is 1.00 bits per heavy atom. The average Bonchev–Trinajstić information content (AvgIpc) is 2.61. The van der Waals surface area contributed by atoms with Crippen LogP contribution in [0, 0.1) is 0 Å². The standard InChI is InChI=1S/C18H14F3NO4S/c19-18(20,21)13-8-4-5-9-14(13)22-17(23)15-16(12-6-2-1-3-7-12)27(24,25)11-10-26-15/h1-9H,10-11H2,(H,22,23). The summed E-state index contributed by atoms with van der Waals surface area (Å²) >= 11 is 0. The Bertz CT molecular complexity index is 999. The van der Waals surface area contributed by atoms with Gasteiger partial charge in [0.1, 0.15) is 11.5 Å². The number of para-hydroxylation sites is 1. The molecular weight excluding hydrogens is 383 g/mol. The predicted octanol–water partition coefficient (Wildman–Crippen LogP) is 3.46. The van der Waals surface area contributed by atoms with Gasteiger partial charge < -0.3 is 10.1 Å². The smallest absolute Gasteiger partial charge is 0.418 e. The molecular formula is C18H14F3NO4S. The van der Waals surface area contributed by atoms with Gasteiger partial charge in [-0.2, -0.15) is 13.2 Å². The van der Waals surface area contributed by atoms with Crippen LogP contribution in [0.25, 0.3) is 4.91 Å². The number of hydrogen-bond donors (Lipinski definition) is 1. The van der Waals surface area contributed by atoms with Crippen molar-refractivity contribution >= 4 is 26.3 Å². The Labute approximate surface area is 153 Å². The SMILES string of the molecule is O=C(Nc1ccccc1C(F)(F)F)C1=C(c2ccccc2)S(=O)(=O)CCO1. The fourth-order valence-electron chi connectivity index (χ4n) is 2.65. The first-order valence-corrected chi connectivity index (χ1v) is 9.48. The lowest BCUT2D eigenvalue weighted by atomic mass is 10.1. The van der Waals surface area contributed by atoms with Gasteiger partial charge in [0.15, 0.2) is 9.84 Å². The van der Waals surface area contributed by atoms with E-state index in [0.717, 1.165) is 12.1 Å². The normalized spacial score (nSPS) is 16.6. The van der Waals surface area contributed by atoms with E-state index in [9.17, 15) is 26.4 Å². The maximum Gasteiger partial charge on any atom is 0.418 e. The molecule has 2 aromatic rings. The number of alkyl halides is 3. The van der Waals surface area contributed by atoms with Crippen molar-refractivity contribution in [3.05, 3.63) is 71.5 Å². The Kier molecular flexibility index (Phi) is 4.97. The average molecular weight is 397 g/mol. The highest BCUT2D eigenvalue weighted by molar-refractivity contribution is 8.00. The van der Waals surface area contributed by atoms with Crippen molar-refractivity contribution in [3.63, 3.8) is 0 Å². The monoisotopic (exact) mass is 397 g/mol. The predicted molar refractivity (Wildman–Crippen MR) is 93.2 cm³/mol. The van der Waals surface area contributed by atoms with E-state index in [2.05, 4.69) is 5.32 Å². The molecule has 0 atom stereocenters. The number of benzene rings is 2. The topological polar surface area (TPSA) is 72.5 Å². The van der Waals surface area contributed by atoms with Gasteiger partial charge in [-0.15, -0.1) is 0 Å². The van der Waals surface area contributed by atoms with Crippen LogP contribution in [0.4, 0.5) is 18.9 Å². The van der Waals surface area contributed by atoms with E-state index in [1.165, 1.54) is 24.3 Å². The molecule has 2 aromatic carbocycles. The number of amides is 1. The van der Waals surface area contributed by atoms with Gasteiger partial charge in [0.25, 0.3) is 5.91 Å². The van der Waals surface area contributed by atoms with Gasteiger partial charge in [0, 0.05) is 0 Å². The van der Waals surface area contributed by atoms with E-state index in [1.54, 1.807) is 18.2 Å². The second kappa shape index (κ2) is 7.07. The number of halogens is 3. The fourth-order valence-corrected chi connectivity index (χ4v) is 4.09. The van der Waals surface area contributed by atoms with E-state index in [4.69, 9.17) is 4.74 Å². The second-order valence-corrected chi connectivity index (χ2v) is 7.74. The molecule has 0 saturated carbocycles. The van der Waals surface area contributed by atoms with Crippen LogP contribution < -0.4 is 5.32 Å². The van der Waals surface area contributed by atoms with Crippen LogP contribution >= 0.6 is 0 Å². The number of sulfone groups is 1. The highest BCUT2D eigenvalue weighted by atomic mass is 32.2. The first kappa shape index (κ1) is 19.0. The second-order valence-electron chi connectivity index (χ2n) is 5.69. The molecule has 0 bridgehead atoms. The highest BCUT2D eigenvalue weighted by Crippen LogP contribution is 2.36. The summed E-state index contributed by atoms with van der Waals surface area (Å²) < 4.78 is 69.5. The maximum absolute atomic E-state index is 13.1. The first-order valence-electron chi connectivity index (χ1n) is 7.83. The molecule has 142 valence electrons. The third kappa shape index (κ3) is 3.97. The Balaban J connectivity index is 2.06. The zero-order valence-electron chi connectivity index (χ0n) is 13.8. The van der Waals surface area contributed by atoms with E-state index in [1.807, 2.05) is 0 Å². The number of nitrogens with one attached hydrogen (secondary N) is 1. The molecule has 1 aliphatic heterocycles. The molecule has 0 fully saturated rings. The zero-order valence-corrected chi connectivity index (χ0v) is 14.6. The molecule has 1 N–H and O–H groups in total. The largest absolute Gasteiger partial charge is 0.486 e. The van der Waals surface area contributed by atoms with Crippen molar-refractivity contribution in [3.8, 4) is 0 Å². The minimum atomic E-state index is -4.68. The molecule has 1 aliphatic rings. The van der Waals surface area contributed by atoms with Crippen molar-refractivity contribution in [1.29, 1.82) is 0 Å². The summed E-state index contributed by atoms with van der Waals surface area (Å²) in [6, 6.07) is 12.2. The number of ether oxygens (including phenoxy) is 1. The molecule has 1 heterocycles. The molecule has 9 heteroatoms. The number of carbonyl (C=O) groups excluding carboxylic acids is 1. The summed E-state index contributed by atoms with van der Waals surface area (Å²) in [6.07, 6.45) is -4.68. The highest BCUT2D eigenvalue weighted by Gasteiger charge is 2.36. The summed E-state index contributed by atoms with van der Waals surface area (Å²) in [7, 11) is -3.83. The molecule has 0 aliphatic carbocycles. The Morgan fingerprint density at radius 2 is 1.63 bits per heavy atom. The van der Waals surface area contributed by atoms with Crippen LogP contribution in [0.1, 0.15) is 11.1 Å². The van der Waals surface area contributed by atoms with Crippen LogP contribution in [0.2, 0.25) is 0 Å². The molecule has 27 heavy (non-hydrogen) atoms. The fraction of sp³-hybridized carbons (Fsp3) is 0.167. The number of carbonyl (C=O) groups is 1. The third-order valence-electron chi connectivity index (χ3n) is 3.84. The lowest BCUT2D eigenvalue weighted by Gasteiger charge is -2.22. The summed E-state index contributed by atoms with van der Waals surface area (Å²) in [5.74, 6) is -1.91. The molecule has 0 spiro atoms. The summed E-state index contributed by atoms with van der Waals surface area (Å²) in [4.78, 5) is 12.3. The van der Waals surface area contributed by atoms with Crippen molar-refractivity contribution in [2.75, 3.05) is 17.7 Å². The van der Waals surface area contributed by atoms with Crippen molar-refractivity contribution in [2.24, 2.45) is 0 Å². The lowest BCUT2D eigenvalue weighted by Crippen LogP contribution is -2.28. The van der Waals surface area contributed by atoms with E-state index in [0.29, 0.717) is 0 Å². The minimum Gasteiger partial charge on any atom is -0.486 e. The van der Waals surface area contributed by atoms with E-state index >= 15 is 0 Å². The van der Waals surface area contributed by atoms with E-state index in [-0.39, 0.29) is 22.8 Å². The van der Waals surface area contributed by atoms with Crippen LogP contribution in [0.3, 0.4) is 0 Å². The first-order chi connectivity index (χ1) is 12.7. The van der Waals surface area contributed by atoms with Crippen LogP contribution in [-0.4, -0.2) is 26.7 Å². The molecule has 0 radical (unpaired) electrons. The molecule has 3 rings (SSSR count). The summed E-state index contributed by atoms with van der Waals surface area (Å²) in [5, 5.41) is 2.12. The molecule has 5 nitrogen and oxygen atoms in total. The third-order valence-corrected chi connectivity index (χ3v) is 5.59. The lowest BCUT2D eigenvalue weighted by molar-refractivity contribution is -0.137. The number of rotatable bonds is 3. The molecule has 1 amide bonds. The quantitative estimate of drug-likeness (QED) is 0.861. The molecule has 0 unspecified atom stereocenters. The Hall–Kier alpha value is -2.81. The summed E-state index contributed by atoms with van der Waals surface area (Å²) in [5.41, 5.74) is -1.30. The van der Waals surface area contributed by atoms with Crippen LogP contribution in [-0.2, 0) is 25.5 Å². The maximum atomic E-state index is 13.1. The van der Waals surface area contributed by atoms with Gasteiger partial charge in [-0.3, -0.25) is 4.79 Å². The van der Waals surface area contributed by atoms with Gasteiger partial charge in [-0.25, -0.2) is 8.42 Å². The number of hydrogen-bond acceptors (Lipinski definition) is 4. The van der Waals surface area contributed by atoms with Crippen LogP contribution in [0.15, 0.2) is 60.4 Å². The molecule has 0 saturated heterocycles. The van der Waals surface area contributed by atoms with Gasteiger partial charge in [0.05, 0.1) is 17.0 Å². The minimum absolute atomic E-state index is 0.228. The van der Waals surface area contributed by atoms with Crippen molar-refractivity contribution in [1.82, 2.24) is 0 Å². The van der Waals surface area contributed by atoms with Gasteiger partial charge in [-0.1, -0.05) is 42.5 Å². The Morgan fingerprint density at radius 3 is 2.30 bits per heavy atom. The van der Waals surface area contributed by atoms with Gasteiger partial charge in [0.2, 0.25) is 5.76 Å². The van der Waals surface area contributed by atoms with Crippen molar-refractivity contribution < 1.29 is 31.1 Å².